The van der Waals surface area contributed by atoms with E-state index in [9.17, 15) is 18.0 Å². The third kappa shape index (κ3) is 7.30. The standard InChI is InChI=1S/C17H23F3O/c1-2-3-4-5-6-7-8-16(21)13-14-9-11-15(12-10-14)17(18,19)20/h9-12H,2-8,13H2,1H3. The highest BCUT2D eigenvalue weighted by atomic mass is 19.4. The van der Waals surface area contributed by atoms with E-state index in [0.29, 0.717) is 12.0 Å². The summed E-state index contributed by atoms with van der Waals surface area (Å²) in [5.74, 6) is 0.102. The predicted octanol–water partition coefficient (Wildman–Crippen LogP) is 5.57. The Kier molecular flexibility index (Phi) is 7.48. The van der Waals surface area contributed by atoms with Crippen LogP contribution in [0.1, 0.15) is 63.0 Å². The van der Waals surface area contributed by atoms with Crippen LogP contribution in [0.5, 0.6) is 0 Å². The molecule has 0 fully saturated rings. The molecule has 0 heterocycles. The Balaban J connectivity index is 2.28. The van der Waals surface area contributed by atoms with Gasteiger partial charge < -0.3 is 0 Å². The van der Waals surface area contributed by atoms with Gasteiger partial charge in [0.2, 0.25) is 0 Å². The lowest BCUT2D eigenvalue weighted by molar-refractivity contribution is -0.137. The molecule has 0 bridgehead atoms. The van der Waals surface area contributed by atoms with Crippen molar-refractivity contribution in [3.05, 3.63) is 35.4 Å². The van der Waals surface area contributed by atoms with Crippen molar-refractivity contribution in [2.75, 3.05) is 0 Å². The minimum atomic E-state index is -4.32. The molecule has 0 N–H and O–H groups in total. The molecule has 0 aliphatic rings. The fraction of sp³-hybridized carbons (Fsp3) is 0.588. The summed E-state index contributed by atoms with van der Waals surface area (Å²) in [4.78, 5) is 11.8. The molecule has 1 aromatic carbocycles. The number of benzene rings is 1. The van der Waals surface area contributed by atoms with Gasteiger partial charge in [0.1, 0.15) is 5.78 Å². The first-order valence-electron chi connectivity index (χ1n) is 7.61. The second-order valence-electron chi connectivity index (χ2n) is 5.43. The minimum Gasteiger partial charge on any atom is -0.299 e. The summed E-state index contributed by atoms with van der Waals surface area (Å²) < 4.78 is 37.2. The van der Waals surface area contributed by atoms with E-state index in [-0.39, 0.29) is 12.2 Å². The summed E-state index contributed by atoms with van der Waals surface area (Å²) in [5, 5.41) is 0. The zero-order valence-corrected chi connectivity index (χ0v) is 12.5. The molecular weight excluding hydrogens is 277 g/mol. The molecule has 0 saturated carbocycles. The van der Waals surface area contributed by atoms with Gasteiger partial charge in [-0.1, -0.05) is 51.2 Å². The van der Waals surface area contributed by atoms with Crippen LogP contribution in [-0.2, 0) is 17.4 Å². The fourth-order valence-electron chi connectivity index (χ4n) is 2.23. The van der Waals surface area contributed by atoms with E-state index in [2.05, 4.69) is 6.92 Å². The molecule has 0 saturated heterocycles. The van der Waals surface area contributed by atoms with Crippen molar-refractivity contribution in [3.8, 4) is 0 Å². The Hall–Kier alpha value is -1.32. The smallest absolute Gasteiger partial charge is 0.299 e. The van der Waals surface area contributed by atoms with Crippen LogP contribution in [0.25, 0.3) is 0 Å². The van der Waals surface area contributed by atoms with Gasteiger partial charge in [-0.15, -0.1) is 0 Å². The summed E-state index contributed by atoms with van der Waals surface area (Å²) in [7, 11) is 0. The van der Waals surface area contributed by atoms with Gasteiger partial charge in [0.05, 0.1) is 5.56 Å². The number of carbonyl (C=O) groups is 1. The van der Waals surface area contributed by atoms with Crippen molar-refractivity contribution in [3.63, 3.8) is 0 Å². The summed E-state index contributed by atoms with van der Waals surface area (Å²) in [6, 6.07) is 4.85. The summed E-state index contributed by atoms with van der Waals surface area (Å²) in [6.45, 7) is 2.16. The lowest BCUT2D eigenvalue weighted by atomic mass is 10.0. The summed E-state index contributed by atoms with van der Waals surface area (Å²) in [6.07, 6.45) is 3.17. The zero-order valence-electron chi connectivity index (χ0n) is 12.5. The van der Waals surface area contributed by atoms with Crippen molar-refractivity contribution in [2.45, 2.75) is 64.5 Å². The van der Waals surface area contributed by atoms with Crippen LogP contribution < -0.4 is 0 Å². The number of unbranched alkanes of at least 4 members (excludes halogenated alkanes) is 5. The van der Waals surface area contributed by atoms with Gasteiger partial charge in [-0.25, -0.2) is 0 Å². The lowest BCUT2D eigenvalue weighted by Gasteiger charge is -2.07. The van der Waals surface area contributed by atoms with E-state index in [4.69, 9.17) is 0 Å². The highest BCUT2D eigenvalue weighted by Gasteiger charge is 2.29. The Labute approximate surface area is 124 Å². The predicted molar refractivity (Wildman–Crippen MR) is 78.1 cm³/mol. The van der Waals surface area contributed by atoms with Crippen LogP contribution in [0.2, 0.25) is 0 Å². The van der Waals surface area contributed by atoms with Gasteiger partial charge in [0.25, 0.3) is 0 Å². The first-order valence-corrected chi connectivity index (χ1v) is 7.61. The average molecular weight is 300 g/mol. The van der Waals surface area contributed by atoms with Gasteiger partial charge in [0.15, 0.2) is 0 Å². The molecule has 0 aliphatic carbocycles. The van der Waals surface area contributed by atoms with Gasteiger partial charge in [-0.05, 0) is 24.1 Å². The number of rotatable bonds is 9. The monoisotopic (exact) mass is 300 g/mol. The SMILES string of the molecule is CCCCCCCCC(=O)Cc1ccc(C(F)(F)F)cc1. The van der Waals surface area contributed by atoms with Crippen molar-refractivity contribution in [1.82, 2.24) is 0 Å². The quantitative estimate of drug-likeness (QED) is 0.545. The molecule has 0 unspecified atom stereocenters. The first kappa shape index (κ1) is 17.7. The van der Waals surface area contributed by atoms with Crippen molar-refractivity contribution < 1.29 is 18.0 Å². The number of hydrogen-bond acceptors (Lipinski definition) is 1. The topological polar surface area (TPSA) is 17.1 Å². The molecule has 1 rings (SSSR count). The molecule has 4 heteroatoms. The number of ketones is 1. The zero-order chi connectivity index (χ0) is 15.7. The molecule has 1 aromatic rings. The second kappa shape index (κ2) is 8.85. The maximum absolute atomic E-state index is 12.4. The Morgan fingerprint density at radius 1 is 0.952 bits per heavy atom. The maximum atomic E-state index is 12.4. The highest BCUT2D eigenvalue weighted by Crippen LogP contribution is 2.29. The number of Topliss-reactive ketones (excluding diaryl/α,β-unsaturated/α-hetero) is 1. The largest absolute Gasteiger partial charge is 0.416 e. The van der Waals surface area contributed by atoms with Gasteiger partial charge in [-0.3, -0.25) is 4.79 Å². The Morgan fingerprint density at radius 3 is 2.10 bits per heavy atom. The molecule has 1 nitrogen and oxygen atoms in total. The van der Waals surface area contributed by atoms with Gasteiger partial charge in [-0.2, -0.15) is 13.2 Å². The summed E-state index contributed by atoms with van der Waals surface area (Å²) >= 11 is 0. The molecule has 0 radical (unpaired) electrons. The van der Waals surface area contributed by atoms with E-state index in [1.54, 1.807) is 0 Å². The molecule has 0 aromatic heterocycles. The Morgan fingerprint density at radius 2 is 1.52 bits per heavy atom. The van der Waals surface area contributed by atoms with Crippen LogP contribution in [0.4, 0.5) is 13.2 Å². The molecule has 21 heavy (non-hydrogen) atoms. The molecule has 0 amide bonds. The van der Waals surface area contributed by atoms with Gasteiger partial charge >= 0.3 is 6.18 Å². The van der Waals surface area contributed by atoms with Crippen LogP contribution >= 0.6 is 0 Å². The molecule has 0 spiro atoms. The normalized spacial score (nSPS) is 11.6. The lowest BCUT2D eigenvalue weighted by Crippen LogP contribution is -2.06. The average Bonchev–Trinajstić information content (AvgIpc) is 2.42. The number of hydrogen-bond donors (Lipinski definition) is 0. The number of halogens is 3. The van der Waals surface area contributed by atoms with Crippen LogP contribution in [0.15, 0.2) is 24.3 Å². The van der Waals surface area contributed by atoms with Gasteiger partial charge in [0, 0.05) is 12.8 Å². The van der Waals surface area contributed by atoms with Crippen molar-refractivity contribution in [1.29, 1.82) is 0 Å². The number of carbonyl (C=O) groups excluding carboxylic acids is 1. The maximum Gasteiger partial charge on any atom is 0.416 e. The fourth-order valence-corrected chi connectivity index (χ4v) is 2.23. The molecular formula is C17H23F3O. The van der Waals surface area contributed by atoms with E-state index in [1.165, 1.54) is 31.4 Å². The summed E-state index contributed by atoms with van der Waals surface area (Å²) in [5.41, 5.74) is -0.0198. The molecule has 0 atom stereocenters. The van der Waals surface area contributed by atoms with E-state index in [1.807, 2.05) is 0 Å². The highest BCUT2D eigenvalue weighted by molar-refractivity contribution is 5.80. The minimum absolute atomic E-state index is 0.102. The van der Waals surface area contributed by atoms with Crippen LogP contribution in [0.3, 0.4) is 0 Å². The van der Waals surface area contributed by atoms with Crippen LogP contribution in [-0.4, -0.2) is 5.78 Å². The van der Waals surface area contributed by atoms with E-state index >= 15 is 0 Å². The second-order valence-corrected chi connectivity index (χ2v) is 5.43. The van der Waals surface area contributed by atoms with Crippen molar-refractivity contribution in [2.24, 2.45) is 0 Å². The van der Waals surface area contributed by atoms with Crippen LogP contribution in [0, 0.1) is 0 Å². The van der Waals surface area contributed by atoms with Crippen molar-refractivity contribution >= 4 is 5.78 Å². The van der Waals surface area contributed by atoms with E-state index in [0.717, 1.165) is 31.4 Å². The number of alkyl halides is 3. The van der Waals surface area contributed by atoms with E-state index < -0.39 is 11.7 Å². The molecule has 0 aliphatic heterocycles. The third-order valence-electron chi connectivity index (χ3n) is 3.49. The Bertz CT molecular complexity index is 421. The first-order chi connectivity index (χ1) is 9.93. The third-order valence-corrected chi connectivity index (χ3v) is 3.49. The molecule has 118 valence electrons.